The van der Waals surface area contributed by atoms with Crippen LogP contribution in [-0.4, -0.2) is 28.4 Å². The first kappa shape index (κ1) is 12.9. The number of hydrogen-bond donors (Lipinski definition) is 1. The van der Waals surface area contributed by atoms with E-state index in [-0.39, 0.29) is 6.10 Å². The zero-order valence-electron chi connectivity index (χ0n) is 8.84. The van der Waals surface area contributed by atoms with E-state index >= 15 is 0 Å². The fourth-order valence-corrected chi connectivity index (χ4v) is 2.78. The molecule has 1 rings (SSSR count). The summed E-state index contributed by atoms with van der Waals surface area (Å²) in [5, 5.41) is 0. The van der Waals surface area contributed by atoms with E-state index < -0.39 is 9.73 Å². The highest BCUT2D eigenvalue weighted by atomic mass is 32.2. The monoisotopic (exact) mass is 207 g/mol. The van der Waals surface area contributed by atoms with Gasteiger partial charge in [0, 0.05) is 27.8 Å². The summed E-state index contributed by atoms with van der Waals surface area (Å²) in [5.41, 5.74) is 0. The van der Waals surface area contributed by atoms with Gasteiger partial charge in [-0.3, -0.25) is 4.78 Å². The molecule has 3 nitrogen and oxygen atoms in total. The second-order valence-electron chi connectivity index (χ2n) is 2.87. The molecule has 0 aliphatic carbocycles. The summed E-state index contributed by atoms with van der Waals surface area (Å²) in [6, 6.07) is 0. The molecule has 1 fully saturated rings. The summed E-state index contributed by atoms with van der Waals surface area (Å²) >= 11 is 0. The van der Waals surface area contributed by atoms with Crippen LogP contribution in [0.2, 0.25) is 0 Å². The summed E-state index contributed by atoms with van der Waals surface area (Å²) in [5.74, 6) is 1.05. The van der Waals surface area contributed by atoms with E-state index in [9.17, 15) is 4.21 Å². The molecular formula is C9H21NO2S. The molecule has 1 aliphatic heterocycles. The van der Waals surface area contributed by atoms with Crippen molar-refractivity contribution in [3.63, 3.8) is 0 Å². The molecule has 0 atom stereocenters. The van der Waals surface area contributed by atoms with Crippen LogP contribution in [0.15, 0.2) is 0 Å². The van der Waals surface area contributed by atoms with Crippen LogP contribution in [0.5, 0.6) is 0 Å². The van der Waals surface area contributed by atoms with E-state index in [1.165, 1.54) is 0 Å². The van der Waals surface area contributed by atoms with Gasteiger partial charge >= 0.3 is 0 Å². The van der Waals surface area contributed by atoms with Gasteiger partial charge in [-0.2, -0.15) is 0 Å². The zero-order chi connectivity index (χ0) is 10.3. The standard InChI is InChI=1S/C7H15NO2S.C2H6/c1-2-10-7-3-5-11(8,9)6-4-7;1-2/h7-8H,2-6H2,1H3;1-2H3. The van der Waals surface area contributed by atoms with Gasteiger partial charge < -0.3 is 4.74 Å². The van der Waals surface area contributed by atoms with E-state index in [2.05, 4.69) is 0 Å². The van der Waals surface area contributed by atoms with Gasteiger partial charge in [-0.1, -0.05) is 13.8 Å². The lowest BCUT2D eigenvalue weighted by Crippen LogP contribution is -2.27. The van der Waals surface area contributed by atoms with E-state index in [4.69, 9.17) is 9.52 Å². The van der Waals surface area contributed by atoms with Crippen LogP contribution in [-0.2, 0) is 14.5 Å². The fourth-order valence-electron chi connectivity index (χ4n) is 1.29. The Morgan fingerprint density at radius 3 is 2.23 bits per heavy atom. The number of nitrogens with one attached hydrogen (secondary N) is 1. The first-order valence-corrected chi connectivity index (χ1v) is 6.89. The van der Waals surface area contributed by atoms with Crippen LogP contribution >= 0.6 is 0 Å². The van der Waals surface area contributed by atoms with Gasteiger partial charge in [0.15, 0.2) is 0 Å². The average Bonchev–Trinajstić information content (AvgIpc) is 2.13. The molecule has 0 amide bonds. The van der Waals surface area contributed by atoms with Gasteiger partial charge in [0.05, 0.1) is 6.10 Å². The summed E-state index contributed by atoms with van der Waals surface area (Å²) in [6.07, 6.45) is 1.87. The summed E-state index contributed by atoms with van der Waals surface area (Å²) in [7, 11) is -2.21. The van der Waals surface area contributed by atoms with Gasteiger partial charge in [0.2, 0.25) is 0 Å². The number of hydrogen-bond acceptors (Lipinski definition) is 3. The maximum Gasteiger partial charge on any atom is 0.0593 e. The molecule has 4 heteroatoms. The molecule has 0 bridgehead atoms. The van der Waals surface area contributed by atoms with Crippen LogP contribution in [0.25, 0.3) is 0 Å². The second-order valence-corrected chi connectivity index (χ2v) is 5.31. The molecule has 0 aromatic heterocycles. The van der Waals surface area contributed by atoms with Crippen molar-refractivity contribution in [2.24, 2.45) is 0 Å². The smallest absolute Gasteiger partial charge is 0.0593 e. The van der Waals surface area contributed by atoms with Gasteiger partial charge in [0.25, 0.3) is 0 Å². The molecule has 1 saturated heterocycles. The SMILES string of the molecule is CC.CCOC1CCS(=N)(=O)CC1. The van der Waals surface area contributed by atoms with E-state index in [1.54, 1.807) is 0 Å². The van der Waals surface area contributed by atoms with Crippen LogP contribution in [0.4, 0.5) is 0 Å². The van der Waals surface area contributed by atoms with Crippen molar-refractivity contribution in [2.75, 3.05) is 18.1 Å². The predicted octanol–water partition coefficient (Wildman–Crippen LogP) is 2.26. The van der Waals surface area contributed by atoms with Crippen molar-refractivity contribution in [1.82, 2.24) is 0 Å². The lowest BCUT2D eigenvalue weighted by atomic mass is 10.2. The van der Waals surface area contributed by atoms with Crippen molar-refractivity contribution in [1.29, 1.82) is 4.78 Å². The Morgan fingerprint density at radius 2 is 1.85 bits per heavy atom. The number of ether oxygens (including phenoxy) is 1. The van der Waals surface area contributed by atoms with Crippen molar-refractivity contribution >= 4 is 9.73 Å². The van der Waals surface area contributed by atoms with Crippen LogP contribution in [0, 0.1) is 4.78 Å². The molecule has 13 heavy (non-hydrogen) atoms. The van der Waals surface area contributed by atoms with Crippen molar-refractivity contribution in [3.05, 3.63) is 0 Å². The molecule has 1 aliphatic rings. The van der Waals surface area contributed by atoms with Gasteiger partial charge in [-0.25, -0.2) is 4.21 Å². The highest BCUT2D eigenvalue weighted by molar-refractivity contribution is 7.92. The third-order valence-electron chi connectivity index (χ3n) is 1.94. The van der Waals surface area contributed by atoms with Gasteiger partial charge in [-0.15, -0.1) is 0 Å². The average molecular weight is 207 g/mol. The highest BCUT2D eigenvalue weighted by Crippen LogP contribution is 2.15. The quantitative estimate of drug-likeness (QED) is 0.755. The Morgan fingerprint density at radius 1 is 1.38 bits per heavy atom. The molecule has 0 saturated carbocycles. The molecule has 0 aromatic carbocycles. The van der Waals surface area contributed by atoms with Crippen LogP contribution in [0.1, 0.15) is 33.6 Å². The molecular weight excluding hydrogens is 186 g/mol. The van der Waals surface area contributed by atoms with Crippen molar-refractivity contribution in [3.8, 4) is 0 Å². The Hall–Kier alpha value is -0.0900. The number of rotatable bonds is 2. The molecule has 0 radical (unpaired) electrons. The lowest BCUT2D eigenvalue weighted by molar-refractivity contribution is 0.0567. The molecule has 0 unspecified atom stereocenters. The first-order chi connectivity index (χ1) is 6.14. The molecule has 1 N–H and O–H groups in total. The van der Waals surface area contributed by atoms with E-state index in [0.717, 1.165) is 19.4 Å². The van der Waals surface area contributed by atoms with Crippen LogP contribution < -0.4 is 0 Å². The largest absolute Gasteiger partial charge is 0.378 e. The third-order valence-corrected chi connectivity index (χ3v) is 3.73. The summed E-state index contributed by atoms with van der Waals surface area (Å²) in [4.78, 5) is 0. The minimum absolute atomic E-state index is 0.264. The molecule has 0 aromatic rings. The zero-order valence-corrected chi connectivity index (χ0v) is 9.65. The highest BCUT2D eigenvalue weighted by Gasteiger charge is 2.20. The minimum Gasteiger partial charge on any atom is -0.378 e. The molecule has 0 spiro atoms. The lowest BCUT2D eigenvalue weighted by Gasteiger charge is -2.22. The Balaban J connectivity index is 0.000000671. The van der Waals surface area contributed by atoms with E-state index in [1.807, 2.05) is 20.8 Å². The van der Waals surface area contributed by atoms with Crippen molar-refractivity contribution < 1.29 is 8.95 Å². The normalized spacial score (nSPS) is 33.3. The van der Waals surface area contributed by atoms with Gasteiger partial charge in [-0.05, 0) is 19.8 Å². The summed E-state index contributed by atoms with van der Waals surface area (Å²) < 4.78 is 23.9. The maximum atomic E-state index is 11.2. The predicted molar refractivity (Wildman–Crippen MR) is 56.6 cm³/mol. The Kier molecular flexibility index (Phi) is 6.33. The maximum absolute atomic E-state index is 11.2. The third kappa shape index (κ3) is 5.26. The Labute approximate surface area is 81.8 Å². The topological polar surface area (TPSA) is 50.1 Å². The first-order valence-electron chi connectivity index (χ1n) is 5.00. The van der Waals surface area contributed by atoms with Crippen LogP contribution in [0.3, 0.4) is 0 Å². The van der Waals surface area contributed by atoms with E-state index in [0.29, 0.717) is 11.5 Å². The second kappa shape index (κ2) is 6.38. The van der Waals surface area contributed by atoms with Crippen molar-refractivity contribution in [2.45, 2.75) is 39.7 Å². The fraction of sp³-hybridized carbons (Fsp3) is 1.00. The molecule has 80 valence electrons. The molecule has 1 heterocycles. The Bertz CT molecular complexity index is 198. The van der Waals surface area contributed by atoms with Gasteiger partial charge in [0.1, 0.15) is 0 Å². The summed E-state index contributed by atoms with van der Waals surface area (Å²) in [6.45, 7) is 6.69. The minimum atomic E-state index is -2.21.